The number of ether oxygens (including phenoxy) is 2. The first-order valence-corrected chi connectivity index (χ1v) is 7.78. The average Bonchev–Trinajstić information content (AvgIpc) is 3.19. The Morgan fingerprint density at radius 3 is 2.96 bits per heavy atom. The van der Waals surface area contributed by atoms with E-state index in [9.17, 15) is 4.79 Å². The van der Waals surface area contributed by atoms with Crippen molar-refractivity contribution in [1.29, 1.82) is 0 Å². The number of aromatic nitrogens is 1. The highest BCUT2D eigenvalue weighted by Gasteiger charge is 2.24. The highest BCUT2D eigenvalue weighted by molar-refractivity contribution is 5.94. The van der Waals surface area contributed by atoms with Crippen LogP contribution in [0, 0.1) is 6.92 Å². The maximum atomic E-state index is 12.8. The van der Waals surface area contributed by atoms with Crippen LogP contribution in [0.1, 0.15) is 41.4 Å². The van der Waals surface area contributed by atoms with Crippen molar-refractivity contribution < 1.29 is 18.8 Å². The summed E-state index contributed by atoms with van der Waals surface area (Å²) in [5.74, 6) is 1.38. The summed E-state index contributed by atoms with van der Waals surface area (Å²) in [5, 5.41) is 3.80. The molecule has 0 radical (unpaired) electrons. The summed E-state index contributed by atoms with van der Waals surface area (Å²) in [6, 6.07) is 5.74. The van der Waals surface area contributed by atoms with Crippen LogP contribution in [0.25, 0.3) is 0 Å². The van der Waals surface area contributed by atoms with Crippen molar-refractivity contribution in [3.8, 4) is 11.5 Å². The fourth-order valence-corrected chi connectivity index (χ4v) is 2.59. The fraction of sp³-hybridized carbons (Fsp3) is 0.412. The normalized spacial score (nSPS) is 12.4. The Bertz CT molecular complexity index is 696. The molecule has 2 heterocycles. The second kappa shape index (κ2) is 6.73. The molecule has 1 aromatic heterocycles. The van der Waals surface area contributed by atoms with E-state index in [1.54, 1.807) is 11.8 Å². The molecule has 0 unspecified atom stereocenters. The number of fused-ring (bicyclic) bond motifs is 1. The Kier molecular flexibility index (Phi) is 4.50. The van der Waals surface area contributed by atoms with Gasteiger partial charge >= 0.3 is 0 Å². The third-order valence-electron chi connectivity index (χ3n) is 3.89. The number of para-hydroxylation sites is 1. The summed E-state index contributed by atoms with van der Waals surface area (Å²) in [5.41, 5.74) is 2.05. The first-order valence-electron chi connectivity index (χ1n) is 7.78. The van der Waals surface area contributed by atoms with Crippen LogP contribution in [-0.4, -0.2) is 29.3 Å². The molecule has 23 heavy (non-hydrogen) atoms. The molecule has 0 saturated carbocycles. The van der Waals surface area contributed by atoms with Crippen LogP contribution in [0.5, 0.6) is 11.5 Å². The number of hydrogen-bond acceptors (Lipinski definition) is 5. The highest BCUT2D eigenvalue weighted by Crippen LogP contribution is 2.36. The van der Waals surface area contributed by atoms with Crippen LogP contribution in [-0.2, 0) is 6.54 Å². The molecule has 3 rings (SSSR count). The van der Waals surface area contributed by atoms with E-state index < -0.39 is 0 Å². The van der Waals surface area contributed by atoms with Crippen molar-refractivity contribution >= 4 is 5.91 Å². The highest BCUT2D eigenvalue weighted by atomic mass is 16.7. The van der Waals surface area contributed by atoms with Gasteiger partial charge in [0.25, 0.3) is 5.91 Å². The van der Waals surface area contributed by atoms with Crippen LogP contribution in [0.2, 0.25) is 0 Å². The number of unbranched alkanes of at least 4 members (excludes halogenated alkanes) is 1. The first-order chi connectivity index (χ1) is 11.2. The molecule has 0 fully saturated rings. The molecule has 1 amide bonds. The number of aryl methyl sites for hydroxylation is 1. The lowest BCUT2D eigenvalue weighted by Crippen LogP contribution is -2.31. The molecule has 122 valence electrons. The molecule has 0 N–H and O–H groups in total. The second-order valence-electron chi connectivity index (χ2n) is 5.54. The zero-order valence-corrected chi connectivity index (χ0v) is 13.4. The molecule has 0 bridgehead atoms. The zero-order chi connectivity index (χ0) is 16.2. The molecule has 2 aromatic rings. The van der Waals surface area contributed by atoms with E-state index in [1.807, 2.05) is 18.2 Å². The van der Waals surface area contributed by atoms with Crippen molar-refractivity contribution in [2.45, 2.75) is 33.2 Å². The number of rotatable bonds is 6. The molecule has 0 spiro atoms. The molecule has 1 aliphatic rings. The van der Waals surface area contributed by atoms with Gasteiger partial charge in [-0.05, 0) is 19.4 Å². The number of hydrogen-bond donors (Lipinski definition) is 0. The Hall–Kier alpha value is -2.50. The van der Waals surface area contributed by atoms with Crippen LogP contribution in [0.15, 0.2) is 29.0 Å². The Balaban J connectivity index is 1.84. The first kappa shape index (κ1) is 15.4. The predicted octanol–water partition coefficient (Wildman–Crippen LogP) is 3.15. The zero-order valence-electron chi connectivity index (χ0n) is 13.4. The van der Waals surface area contributed by atoms with E-state index >= 15 is 0 Å². The molecular weight excluding hydrogens is 296 g/mol. The van der Waals surface area contributed by atoms with E-state index in [-0.39, 0.29) is 12.7 Å². The fourth-order valence-electron chi connectivity index (χ4n) is 2.59. The molecule has 0 atom stereocenters. The molecule has 1 aliphatic heterocycles. The number of carbonyl (C=O) groups excluding carboxylic acids is 1. The Morgan fingerprint density at radius 1 is 1.35 bits per heavy atom. The minimum Gasteiger partial charge on any atom is -0.454 e. The number of amides is 1. The van der Waals surface area contributed by atoms with Crippen molar-refractivity contribution in [2.75, 3.05) is 13.3 Å². The molecule has 1 aromatic carbocycles. The monoisotopic (exact) mass is 316 g/mol. The van der Waals surface area contributed by atoms with Crippen molar-refractivity contribution in [3.63, 3.8) is 0 Å². The van der Waals surface area contributed by atoms with E-state index in [0.29, 0.717) is 24.3 Å². The Labute approximate surface area is 135 Å². The minimum atomic E-state index is -0.0753. The van der Waals surface area contributed by atoms with Gasteiger partial charge in [-0.1, -0.05) is 30.6 Å². The summed E-state index contributed by atoms with van der Waals surface area (Å²) in [6.07, 6.45) is 3.35. The van der Waals surface area contributed by atoms with Crippen LogP contribution in [0.3, 0.4) is 0 Å². The number of carbonyl (C=O) groups is 1. The maximum Gasteiger partial charge on any atom is 0.259 e. The summed E-state index contributed by atoms with van der Waals surface area (Å²) in [6.45, 7) is 5.23. The standard InChI is InChI=1S/C17H20N2O4/c1-3-4-8-19(17(20)14-10-23-18-12(14)2)9-13-6-5-7-15-16(13)22-11-21-15/h5-7,10H,3-4,8-9,11H2,1-2H3. The van der Waals surface area contributed by atoms with Crippen molar-refractivity contribution in [1.82, 2.24) is 10.1 Å². The lowest BCUT2D eigenvalue weighted by molar-refractivity contribution is 0.0738. The quantitative estimate of drug-likeness (QED) is 0.819. The summed E-state index contributed by atoms with van der Waals surface area (Å²) < 4.78 is 15.8. The van der Waals surface area contributed by atoms with Crippen LogP contribution < -0.4 is 9.47 Å². The lowest BCUT2D eigenvalue weighted by Gasteiger charge is -2.23. The third kappa shape index (κ3) is 3.16. The minimum absolute atomic E-state index is 0.0753. The van der Waals surface area contributed by atoms with Gasteiger partial charge in [0.15, 0.2) is 11.5 Å². The third-order valence-corrected chi connectivity index (χ3v) is 3.89. The predicted molar refractivity (Wildman–Crippen MR) is 83.5 cm³/mol. The number of benzene rings is 1. The van der Waals surface area contributed by atoms with E-state index in [1.165, 1.54) is 6.26 Å². The van der Waals surface area contributed by atoms with Gasteiger partial charge in [-0.25, -0.2) is 0 Å². The van der Waals surface area contributed by atoms with Gasteiger partial charge in [-0.2, -0.15) is 0 Å². The molecule has 0 saturated heterocycles. The van der Waals surface area contributed by atoms with E-state index in [2.05, 4.69) is 12.1 Å². The summed E-state index contributed by atoms with van der Waals surface area (Å²) >= 11 is 0. The smallest absolute Gasteiger partial charge is 0.259 e. The van der Waals surface area contributed by atoms with Crippen molar-refractivity contribution in [2.24, 2.45) is 0 Å². The topological polar surface area (TPSA) is 64.8 Å². The van der Waals surface area contributed by atoms with E-state index in [4.69, 9.17) is 14.0 Å². The van der Waals surface area contributed by atoms with Gasteiger partial charge in [0, 0.05) is 18.7 Å². The van der Waals surface area contributed by atoms with Crippen molar-refractivity contribution in [3.05, 3.63) is 41.3 Å². The van der Waals surface area contributed by atoms with Gasteiger partial charge < -0.3 is 18.9 Å². The molecule has 0 aliphatic carbocycles. The lowest BCUT2D eigenvalue weighted by atomic mass is 10.1. The average molecular weight is 316 g/mol. The van der Waals surface area contributed by atoms with Gasteiger partial charge in [0.1, 0.15) is 11.8 Å². The SMILES string of the molecule is CCCCN(Cc1cccc2c1OCO2)C(=O)c1conc1C. The molecular formula is C17H20N2O4. The maximum absolute atomic E-state index is 12.8. The summed E-state index contributed by atoms with van der Waals surface area (Å²) in [4.78, 5) is 14.6. The van der Waals surface area contributed by atoms with Gasteiger partial charge in [0.05, 0.1) is 5.69 Å². The second-order valence-corrected chi connectivity index (χ2v) is 5.54. The van der Waals surface area contributed by atoms with E-state index in [0.717, 1.165) is 29.9 Å². The Morgan fingerprint density at radius 2 is 2.22 bits per heavy atom. The number of nitrogens with zero attached hydrogens (tertiary/aromatic N) is 2. The molecule has 6 heteroatoms. The largest absolute Gasteiger partial charge is 0.454 e. The van der Waals surface area contributed by atoms with Gasteiger partial charge in [-0.3, -0.25) is 4.79 Å². The van der Waals surface area contributed by atoms with Gasteiger partial charge in [0.2, 0.25) is 6.79 Å². The van der Waals surface area contributed by atoms with Gasteiger partial charge in [-0.15, -0.1) is 0 Å². The molecule has 6 nitrogen and oxygen atoms in total. The van der Waals surface area contributed by atoms with Crippen LogP contribution >= 0.6 is 0 Å². The summed E-state index contributed by atoms with van der Waals surface area (Å²) in [7, 11) is 0. The van der Waals surface area contributed by atoms with Crippen LogP contribution in [0.4, 0.5) is 0 Å².